The molecular weight excluding hydrogens is 451 g/mol. The van der Waals surface area contributed by atoms with Crippen LogP contribution in [0.1, 0.15) is 22.3 Å². The molecule has 1 N–H and O–H groups in total. The number of rotatable bonds is 7. The van der Waals surface area contributed by atoms with Gasteiger partial charge >= 0.3 is 0 Å². The fraction of sp³-hybridized carbons (Fsp3) is 0.316. The van der Waals surface area contributed by atoms with Gasteiger partial charge in [-0.25, -0.2) is 0 Å². The van der Waals surface area contributed by atoms with Crippen molar-refractivity contribution in [2.24, 2.45) is 0 Å². The largest absolute Gasteiger partial charge is 0.497 e. The van der Waals surface area contributed by atoms with Crippen molar-refractivity contribution in [2.45, 2.75) is 9.97 Å². The Balaban J connectivity index is 2.24. The second-order valence-corrected chi connectivity index (χ2v) is 8.32. The molecule has 0 aliphatic heterocycles. The highest BCUT2D eigenvalue weighted by atomic mass is 127. The summed E-state index contributed by atoms with van der Waals surface area (Å²) in [6, 6.07) is 14.7. The molecule has 25 heavy (non-hydrogen) atoms. The molecule has 1 amide bonds. The molecule has 0 bridgehead atoms. The molecule has 0 aliphatic carbocycles. The zero-order valence-corrected chi connectivity index (χ0v) is 17.5. The number of carbonyl (C=O) groups excluding carboxylic acids is 1. The number of carbonyl (C=O) groups is 1. The van der Waals surface area contributed by atoms with E-state index in [-0.39, 0.29) is 5.91 Å². The van der Waals surface area contributed by atoms with Crippen LogP contribution in [0.4, 0.5) is 0 Å². The summed E-state index contributed by atoms with van der Waals surface area (Å²) in [4.78, 5) is 14.8. The van der Waals surface area contributed by atoms with E-state index in [1.807, 2.05) is 38.4 Å². The molecule has 0 aliphatic rings. The van der Waals surface area contributed by atoms with Crippen molar-refractivity contribution in [3.05, 3.63) is 64.7 Å². The lowest BCUT2D eigenvalue weighted by molar-refractivity contribution is 0.0928. The SMILES string of the molecule is COc1ccc(C(=O)NC(I)(CCN(C)C)c2ccc(Cl)cc2)cc1. The standard InChI is InChI=1S/C19H22ClIN2O2/c1-23(2)13-12-19(21,15-6-8-16(20)9-7-15)22-18(24)14-4-10-17(25-3)11-5-14/h4-11H,12-13H2,1-3H3,(H,22,24). The predicted octanol–water partition coefficient (Wildman–Crippen LogP) is 4.32. The van der Waals surface area contributed by atoms with Gasteiger partial charge in [-0.05, 0) is 85.1 Å². The second kappa shape index (κ2) is 8.87. The second-order valence-electron chi connectivity index (χ2n) is 6.04. The highest BCUT2D eigenvalue weighted by molar-refractivity contribution is 14.1. The van der Waals surface area contributed by atoms with Gasteiger partial charge in [0.2, 0.25) is 0 Å². The van der Waals surface area contributed by atoms with Crippen LogP contribution in [-0.4, -0.2) is 38.6 Å². The third kappa shape index (κ3) is 5.59. The van der Waals surface area contributed by atoms with Gasteiger partial charge in [0.1, 0.15) is 9.30 Å². The summed E-state index contributed by atoms with van der Waals surface area (Å²) in [6.07, 6.45) is 0.768. The number of methoxy groups -OCH3 is 1. The average molecular weight is 473 g/mol. The van der Waals surface area contributed by atoms with E-state index in [0.29, 0.717) is 10.6 Å². The summed E-state index contributed by atoms with van der Waals surface area (Å²) in [5.74, 6) is 0.605. The third-order valence-electron chi connectivity index (χ3n) is 3.87. The number of halogens is 2. The van der Waals surface area contributed by atoms with Crippen molar-refractivity contribution in [2.75, 3.05) is 27.7 Å². The van der Waals surface area contributed by atoms with Gasteiger partial charge in [0, 0.05) is 17.1 Å². The molecule has 6 heteroatoms. The first-order valence-corrected chi connectivity index (χ1v) is 9.36. The zero-order chi connectivity index (χ0) is 18.4. The van der Waals surface area contributed by atoms with Gasteiger partial charge < -0.3 is 15.0 Å². The number of hydrogen-bond acceptors (Lipinski definition) is 3. The molecule has 0 heterocycles. The van der Waals surface area contributed by atoms with Crippen molar-refractivity contribution < 1.29 is 9.53 Å². The van der Waals surface area contributed by atoms with Crippen LogP contribution in [0, 0.1) is 0 Å². The van der Waals surface area contributed by atoms with Gasteiger partial charge in [-0.3, -0.25) is 4.79 Å². The first kappa shape index (κ1) is 20.0. The van der Waals surface area contributed by atoms with Crippen LogP contribution in [0.2, 0.25) is 5.02 Å². The lowest BCUT2D eigenvalue weighted by Crippen LogP contribution is -2.42. The first-order valence-electron chi connectivity index (χ1n) is 7.90. The van der Waals surface area contributed by atoms with Gasteiger partial charge in [0.05, 0.1) is 7.11 Å². The minimum atomic E-state index is -0.524. The molecule has 0 radical (unpaired) electrons. The summed E-state index contributed by atoms with van der Waals surface area (Å²) >= 11 is 8.32. The Bertz CT molecular complexity index is 704. The maximum Gasteiger partial charge on any atom is 0.252 e. The van der Waals surface area contributed by atoms with Gasteiger partial charge in [-0.2, -0.15) is 0 Å². The summed E-state index contributed by atoms with van der Waals surface area (Å²) in [6.45, 7) is 0.842. The number of nitrogens with one attached hydrogen (secondary N) is 1. The summed E-state index contributed by atoms with van der Waals surface area (Å²) < 4.78 is 4.62. The van der Waals surface area contributed by atoms with E-state index in [2.05, 4.69) is 32.8 Å². The lowest BCUT2D eigenvalue weighted by Gasteiger charge is -2.31. The molecule has 0 saturated carbocycles. The predicted molar refractivity (Wildman–Crippen MR) is 111 cm³/mol. The van der Waals surface area contributed by atoms with Crippen LogP contribution in [0.15, 0.2) is 48.5 Å². The molecule has 0 saturated heterocycles. The van der Waals surface area contributed by atoms with Crippen LogP contribution in [-0.2, 0) is 3.55 Å². The van der Waals surface area contributed by atoms with Gasteiger partial charge in [-0.15, -0.1) is 0 Å². The molecule has 1 unspecified atom stereocenters. The number of nitrogens with zero attached hydrogens (tertiary/aromatic N) is 1. The molecule has 0 fully saturated rings. The number of alkyl halides is 1. The molecular formula is C19H22ClIN2O2. The van der Waals surface area contributed by atoms with Crippen LogP contribution in [0.5, 0.6) is 5.75 Å². The maximum atomic E-state index is 12.7. The Hall–Kier alpha value is -1.31. The average Bonchev–Trinajstić information content (AvgIpc) is 2.60. The van der Waals surface area contributed by atoms with E-state index in [9.17, 15) is 4.79 Å². The summed E-state index contributed by atoms with van der Waals surface area (Å²) in [5, 5.41) is 3.85. The van der Waals surface area contributed by atoms with E-state index < -0.39 is 3.55 Å². The van der Waals surface area contributed by atoms with Crippen molar-refractivity contribution in [3.8, 4) is 5.75 Å². The van der Waals surface area contributed by atoms with Crippen LogP contribution < -0.4 is 10.1 Å². The Morgan fingerprint density at radius 1 is 1.16 bits per heavy atom. The van der Waals surface area contributed by atoms with Crippen molar-refractivity contribution in [3.63, 3.8) is 0 Å². The minimum absolute atomic E-state index is 0.120. The van der Waals surface area contributed by atoms with E-state index in [1.54, 1.807) is 31.4 Å². The fourth-order valence-electron chi connectivity index (χ4n) is 2.37. The maximum absolute atomic E-state index is 12.7. The molecule has 0 aromatic heterocycles. The monoisotopic (exact) mass is 472 g/mol. The van der Waals surface area contributed by atoms with E-state index in [1.165, 1.54) is 0 Å². The van der Waals surface area contributed by atoms with Gasteiger partial charge in [0.15, 0.2) is 0 Å². The van der Waals surface area contributed by atoms with E-state index in [0.717, 1.165) is 24.3 Å². The number of amides is 1. The van der Waals surface area contributed by atoms with Crippen LogP contribution in [0.25, 0.3) is 0 Å². The summed E-state index contributed by atoms with van der Waals surface area (Å²) in [7, 11) is 5.64. The molecule has 2 rings (SSSR count). The lowest BCUT2D eigenvalue weighted by atomic mass is 10.0. The Morgan fingerprint density at radius 2 is 1.76 bits per heavy atom. The molecule has 1 atom stereocenters. The molecule has 134 valence electrons. The first-order chi connectivity index (χ1) is 11.8. The van der Waals surface area contributed by atoms with Crippen molar-refractivity contribution in [1.82, 2.24) is 10.2 Å². The number of hydrogen-bond donors (Lipinski definition) is 1. The third-order valence-corrected chi connectivity index (χ3v) is 5.55. The van der Waals surface area contributed by atoms with Crippen LogP contribution >= 0.6 is 34.2 Å². The van der Waals surface area contributed by atoms with Gasteiger partial charge in [-0.1, -0.05) is 23.7 Å². The highest BCUT2D eigenvalue weighted by Crippen LogP contribution is 2.34. The quantitative estimate of drug-likeness (QED) is 0.371. The number of benzene rings is 2. The molecule has 0 spiro atoms. The van der Waals surface area contributed by atoms with E-state index in [4.69, 9.17) is 16.3 Å². The van der Waals surface area contributed by atoms with E-state index >= 15 is 0 Å². The summed E-state index contributed by atoms with van der Waals surface area (Å²) in [5.41, 5.74) is 1.61. The smallest absolute Gasteiger partial charge is 0.252 e. The fourth-order valence-corrected chi connectivity index (χ4v) is 3.34. The molecule has 2 aromatic rings. The Morgan fingerprint density at radius 3 is 2.28 bits per heavy atom. The van der Waals surface area contributed by atoms with Crippen molar-refractivity contribution in [1.29, 1.82) is 0 Å². The normalized spacial score (nSPS) is 13.4. The Labute approximate surface area is 167 Å². The topological polar surface area (TPSA) is 41.6 Å². The zero-order valence-electron chi connectivity index (χ0n) is 14.6. The highest BCUT2D eigenvalue weighted by Gasteiger charge is 2.31. The minimum Gasteiger partial charge on any atom is -0.497 e. The molecule has 2 aromatic carbocycles. The van der Waals surface area contributed by atoms with Crippen LogP contribution in [0.3, 0.4) is 0 Å². The number of ether oxygens (including phenoxy) is 1. The molecule has 4 nitrogen and oxygen atoms in total. The Kier molecular flexibility index (Phi) is 7.10. The van der Waals surface area contributed by atoms with Crippen molar-refractivity contribution >= 4 is 40.1 Å². The van der Waals surface area contributed by atoms with Gasteiger partial charge in [0.25, 0.3) is 5.91 Å².